The first kappa shape index (κ1) is 26.7. The van der Waals surface area contributed by atoms with E-state index in [4.69, 9.17) is 4.98 Å². The summed E-state index contributed by atoms with van der Waals surface area (Å²) in [5.41, 5.74) is 12.1. The lowest BCUT2D eigenvalue weighted by atomic mass is 9.82. The van der Waals surface area contributed by atoms with Gasteiger partial charge in [-0.05, 0) is 81.9 Å². The molecule has 0 saturated heterocycles. The van der Waals surface area contributed by atoms with Crippen LogP contribution in [0, 0.1) is 0 Å². The van der Waals surface area contributed by atoms with Crippen molar-refractivity contribution in [3.63, 3.8) is 0 Å². The van der Waals surface area contributed by atoms with Crippen LogP contribution >= 0.6 is 11.3 Å². The highest BCUT2D eigenvalue weighted by molar-refractivity contribution is 7.25. The molecule has 3 heteroatoms. The van der Waals surface area contributed by atoms with Gasteiger partial charge in [-0.3, -0.25) is 4.57 Å². The fraction of sp³-hybridized carbons (Fsp3) is 0.0682. The second kappa shape index (κ2) is 9.75. The van der Waals surface area contributed by atoms with E-state index in [-0.39, 0.29) is 5.41 Å². The van der Waals surface area contributed by atoms with Crippen LogP contribution in [0.25, 0.3) is 81.3 Å². The molecule has 0 spiro atoms. The van der Waals surface area contributed by atoms with Gasteiger partial charge >= 0.3 is 0 Å². The summed E-state index contributed by atoms with van der Waals surface area (Å²) in [5.74, 6) is 0.924. The van der Waals surface area contributed by atoms with Gasteiger partial charge in [-0.1, -0.05) is 111 Å². The number of fused-ring (bicyclic) bond motifs is 9. The first-order valence-corrected chi connectivity index (χ1v) is 17.0. The fourth-order valence-electron chi connectivity index (χ4n) is 7.87. The molecule has 0 N–H and O–H groups in total. The second-order valence-electron chi connectivity index (χ2n) is 13.2. The Morgan fingerprint density at radius 3 is 2.13 bits per heavy atom. The minimum absolute atomic E-state index is 0.0631. The highest BCUT2D eigenvalue weighted by Crippen LogP contribution is 2.51. The normalized spacial score (nSPS) is 13.5. The monoisotopic (exact) mass is 618 g/mol. The van der Waals surface area contributed by atoms with Crippen molar-refractivity contribution in [1.29, 1.82) is 0 Å². The van der Waals surface area contributed by atoms with Crippen LogP contribution in [0.5, 0.6) is 0 Å². The summed E-state index contributed by atoms with van der Waals surface area (Å²) in [5, 5.41) is 5.09. The molecule has 0 amide bonds. The third-order valence-electron chi connectivity index (χ3n) is 10.2. The Morgan fingerprint density at radius 2 is 1.23 bits per heavy atom. The molecule has 3 aromatic heterocycles. The highest BCUT2D eigenvalue weighted by atomic mass is 32.1. The number of para-hydroxylation sites is 1. The molecule has 6 aromatic carbocycles. The van der Waals surface area contributed by atoms with Gasteiger partial charge in [0.2, 0.25) is 0 Å². The molecule has 1 aliphatic rings. The predicted molar refractivity (Wildman–Crippen MR) is 200 cm³/mol. The first-order valence-electron chi connectivity index (χ1n) is 16.2. The number of rotatable bonds is 3. The molecule has 0 atom stereocenters. The molecule has 0 bridgehead atoms. The standard InChI is InChI=1S/C44H30N2S/c1-44(2)36-17-9-6-14-30(36)33-26-40-34(25-37(33)44)31-15-7-10-18-39(31)46(40)43-24-29(27-12-4-3-5-13-27)23-38(45-43)28-20-21-42-35(22-28)32-16-8-11-19-41(32)47-42/h3-26H,1-2H3. The van der Waals surface area contributed by atoms with Gasteiger partial charge in [0.1, 0.15) is 5.82 Å². The van der Waals surface area contributed by atoms with E-state index in [2.05, 4.69) is 164 Å². The third kappa shape index (κ3) is 3.87. The van der Waals surface area contributed by atoms with Gasteiger partial charge in [-0.2, -0.15) is 0 Å². The summed E-state index contributed by atoms with van der Waals surface area (Å²) in [7, 11) is 0. The van der Waals surface area contributed by atoms with Crippen molar-refractivity contribution in [2.75, 3.05) is 0 Å². The van der Waals surface area contributed by atoms with E-state index in [0.29, 0.717) is 0 Å². The van der Waals surface area contributed by atoms with Crippen LogP contribution in [-0.4, -0.2) is 9.55 Å². The molecule has 0 saturated carbocycles. The van der Waals surface area contributed by atoms with E-state index >= 15 is 0 Å². The number of pyridine rings is 1. The van der Waals surface area contributed by atoms with Crippen molar-refractivity contribution in [3.8, 4) is 39.3 Å². The lowest BCUT2D eigenvalue weighted by Crippen LogP contribution is -2.14. The maximum absolute atomic E-state index is 5.48. The van der Waals surface area contributed by atoms with Gasteiger partial charge < -0.3 is 0 Å². The third-order valence-corrected chi connectivity index (χ3v) is 11.3. The molecule has 0 aliphatic heterocycles. The second-order valence-corrected chi connectivity index (χ2v) is 14.3. The molecule has 47 heavy (non-hydrogen) atoms. The zero-order chi connectivity index (χ0) is 31.3. The molecular weight excluding hydrogens is 589 g/mol. The van der Waals surface area contributed by atoms with Crippen LogP contribution in [0.4, 0.5) is 0 Å². The quantitative estimate of drug-likeness (QED) is 0.193. The maximum atomic E-state index is 5.48. The Labute approximate surface area is 277 Å². The first-order chi connectivity index (χ1) is 23.0. The minimum Gasteiger partial charge on any atom is -0.294 e. The summed E-state index contributed by atoms with van der Waals surface area (Å²) >= 11 is 1.85. The molecule has 9 aromatic rings. The van der Waals surface area contributed by atoms with Crippen molar-refractivity contribution in [1.82, 2.24) is 9.55 Å². The van der Waals surface area contributed by atoms with Crippen LogP contribution in [0.15, 0.2) is 146 Å². The minimum atomic E-state index is -0.0631. The predicted octanol–water partition coefficient (Wildman–Crippen LogP) is 12.2. The molecule has 10 rings (SSSR count). The number of nitrogens with zero attached hydrogens (tertiary/aromatic N) is 2. The Bertz CT molecular complexity index is 2710. The molecule has 222 valence electrons. The fourth-order valence-corrected chi connectivity index (χ4v) is 8.96. The van der Waals surface area contributed by atoms with Crippen LogP contribution in [-0.2, 0) is 5.41 Å². The van der Waals surface area contributed by atoms with Crippen LogP contribution < -0.4 is 0 Å². The Kier molecular flexibility index (Phi) is 5.53. The van der Waals surface area contributed by atoms with Gasteiger partial charge in [-0.15, -0.1) is 11.3 Å². The van der Waals surface area contributed by atoms with Crippen molar-refractivity contribution in [2.45, 2.75) is 19.3 Å². The molecule has 0 fully saturated rings. The summed E-state index contributed by atoms with van der Waals surface area (Å²) in [6.07, 6.45) is 0. The average Bonchev–Trinajstić information content (AvgIpc) is 3.73. The largest absolute Gasteiger partial charge is 0.294 e. The maximum Gasteiger partial charge on any atom is 0.138 e. The number of hydrogen-bond donors (Lipinski definition) is 0. The van der Waals surface area contributed by atoms with Crippen molar-refractivity contribution in [2.24, 2.45) is 0 Å². The van der Waals surface area contributed by atoms with E-state index < -0.39 is 0 Å². The van der Waals surface area contributed by atoms with Crippen molar-refractivity contribution in [3.05, 3.63) is 157 Å². The van der Waals surface area contributed by atoms with Crippen LogP contribution in [0.1, 0.15) is 25.0 Å². The van der Waals surface area contributed by atoms with Gasteiger partial charge in [0, 0.05) is 41.9 Å². The van der Waals surface area contributed by atoms with Gasteiger partial charge in [0.05, 0.1) is 16.7 Å². The summed E-state index contributed by atoms with van der Waals surface area (Å²) in [4.78, 5) is 5.48. The van der Waals surface area contributed by atoms with E-state index in [1.54, 1.807) is 0 Å². The molecular formula is C44H30N2S. The van der Waals surface area contributed by atoms with E-state index in [9.17, 15) is 0 Å². The molecule has 2 nitrogen and oxygen atoms in total. The van der Waals surface area contributed by atoms with Crippen LogP contribution in [0.3, 0.4) is 0 Å². The van der Waals surface area contributed by atoms with E-state index in [0.717, 1.165) is 22.6 Å². The highest BCUT2D eigenvalue weighted by Gasteiger charge is 2.36. The number of aromatic nitrogens is 2. The smallest absolute Gasteiger partial charge is 0.138 e. The Balaban J connectivity index is 1.27. The van der Waals surface area contributed by atoms with Gasteiger partial charge in [-0.25, -0.2) is 4.98 Å². The van der Waals surface area contributed by atoms with E-state index in [1.807, 2.05) is 11.3 Å². The summed E-state index contributed by atoms with van der Waals surface area (Å²) in [6, 6.07) is 53.2. The summed E-state index contributed by atoms with van der Waals surface area (Å²) in [6.45, 7) is 4.71. The van der Waals surface area contributed by atoms with Crippen molar-refractivity contribution < 1.29 is 0 Å². The average molecular weight is 619 g/mol. The van der Waals surface area contributed by atoms with Crippen molar-refractivity contribution >= 4 is 53.3 Å². The number of thiophene rings is 1. The molecule has 3 heterocycles. The van der Waals surface area contributed by atoms with Gasteiger partial charge in [0.25, 0.3) is 0 Å². The molecule has 0 radical (unpaired) electrons. The van der Waals surface area contributed by atoms with Crippen LogP contribution in [0.2, 0.25) is 0 Å². The number of benzene rings is 6. The number of hydrogen-bond acceptors (Lipinski definition) is 2. The summed E-state index contributed by atoms with van der Waals surface area (Å²) < 4.78 is 5.00. The lowest BCUT2D eigenvalue weighted by Gasteiger charge is -2.21. The lowest BCUT2D eigenvalue weighted by molar-refractivity contribution is 0.661. The Hall–Kier alpha value is -5.51. The molecule has 1 aliphatic carbocycles. The van der Waals surface area contributed by atoms with E-state index in [1.165, 1.54) is 69.8 Å². The topological polar surface area (TPSA) is 17.8 Å². The Morgan fingerprint density at radius 1 is 0.489 bits per heavy atom. The zero-order valence-corrected chi connectivity index (χ0v) is 27.0. The van der Waals surface area contributed by atoms with Gasteiger partial charge in [0.15, 0.2) is 0 Å². The SMILES string of the molecule is CC1(C)c2ccccc2-c2cc3c(cc21)c1ccccc1n3-c1cc(-c2ccccc2)cc(-c2ccc3sc4ccccc4c3c2)n1. The molecule has 0 unspecified atom stereocenters. The zero-order valence-electron chi connectivity index (χ0n) is 26.2.